The van der Waals surface area contributed by atoms with Crippen molar-refractivity contribution in [1.82, 2.24) is 20.6 Å². The Balaban J connectivity index is 2.35. The molecule has 0 fully saturated rings. The maximum Gasteiger partial charge on any atom is 0.320 e. The average Bonchev–Trinajstić information content (AvgIpc) is 2.41. The van der Waals surface area contributed by atoms with E-state index in [-0.39, 0.29) is 17.1 Å². The predicted octanol–water partition coefficient (Wildman–Crippen LogP) is 0.828. The molecule has 0 aliphatic carbocycles. The van der Waals surface area contributed by atoms with E-state index in [1.807, 2.05) is 20.8 Å². The Labute approximate surface area is 124 Å². The van der Waals surface area contributed by atoms with Crippen LogP contribution in [0.4, 0.5) is 0 Å². The van der Waals surface area contributed by atoms with Crippen LogP contribution in [0, 0.1) is 0 Å². The van der Waals surface area contributed by atoms with Crippen LogP contribution in [0.25, 0.3) is 0 Å². The van der Waals surface area contributed by atoms with E-state index in [1.54, 1.807) is 0 Å². The summed E-state index contributed by atoms with van der Waals surface area (Å²) in [4.78, 5) is 30.6. The van der Waals surface area contributed by atoms with Gasteiger partial charge in [0.15, 0.2) is 0 Å². The molecule has 0 aliphatic heterocycles. The fourth-order valence-corrected chi connectivity index (χ4v) is 1.80. The third-order valence-electron chi connectivity index (χ3n) is 2.66. The van der Waals surface area contributed by atoms with Gasteiger partial charge < -0.3 is 10.4 Å². The molecule has 1 atom stereocenters. The molecule has 1 aromatic heterocycles. The van der Waals surface area contributed by atoms with Crippen LogP contribution in [-0.2, 0) is 4.79 Å². The van der Waals surface area contributed by atoms with Crippen LogP contribution in [0.2, 0.25) is 0 Å². The molecular weight excluding hydrogens is 272 g/mol. The van der Waals surface area contributed by atoms with Gasteiger partial charge in [0, 0.05) is 24.5 Å². The minimum absolute atomic E-state index is 0.250. The summed E-state index contributed by atoms with van der Waals surface area (Å²) >= 11 is 0. The van der Waals surface area contributed by atoms with Gasteiger partial charge in [0.2, 0.25) is 0 Å². The first kappa shape index (κ1) is 17.0. The van der Waals surface area contributed by atoms with Crippen molar-refractivity contribution in [1.29, 1.82) is 0 Å². The molecule has 1 amide bonds. The van der Waals surface area contributed by atoms with Crippen molar-refractivity contribution >= 4 is 11.9 Å². The van der Waals surface area contributed by atoms with Gasteiger partial charge in [-0.15, -0.1) is 0 Å². The second-order valence-electron chi connectivity index (χ2n) is 5.77. The smallest absolute Gasteiger partial charge is 0.320 e. The maximum absolute atomic E-state index is 11.7. The molecule has 7 heteroatoms. The van der Waals surface area contributed by atoms with E-state index in [2.05, 4.69) is 20.6 Å². The van der Waals surface area contributed by atoms with E-state index in [4.69, 9.17) is 5.11 Å². The lowest BCUT2D eigenvalue weighted by atomic mass is 10.0. The molecule has 1 unspecified atom stereocenters. The lowest BCUT2D eigenvalue weighted by Crippen LogP contribution is -2.48. The lowest BCUT2D eigenvalue weighted by Gasteiger charge is -2.26. The Morgan fingerprint density at radius 3 is 2.57 bits per heavy atom. The minimum atomic E-state index is -0.884. The van der Waals surface area contributed by atoms with Gasteiger partial charge in [-0.2, -0.15) is 0 Å². The molecule has 0 saturated heterocycles. The Bertz CT molecular complexity index is 471. The number of carboxylic acid groups (broad SMARTS) is 1. The summed E-state index contributed by atoms with van der Waals surface area (Å²) in [5.74, 6) is -1.19. The number of rotatable bonds is 7. The van der Waals surface area contributed by atoms with Gasteiger partial charge in [-0.3, -0.25) is 19.9 Å². The number of carbonyl (C=O) groups is 2. The normalized spacial score (nSPS) is 12.7. The SMILES string of the molecule is CC(C)(C)NC(CCCNC(=O)c1cnccn1)C(=O)O. The van der Waals surface area contributed by atoms with E-state index in [9.17, 15) is 9.59 Å². The highest BCUT2D eigenvalue weighted by molar-refractivity contribution is 5.91. The Hall–Kier alpha value is -2.02. The van der Waals surface area contributed by atoms with Gasteiger partial charge in [-0.1, -0.05) is 0 Å². The zero-order chi connectivity index (χ0) is 15.9. The van der Waals surface area contributed by atoms with Gasteiger partial charge >= 0.3 is 5.97 Å². The molecule has 1 heterocycles. The summed E-state index contributed by atoms with van der Waals surface area (Å²) in [7, 11) is 0. The molecule has 0 bridgehead atoms. The van der Waals surface area contributed by atoms with Crippen molar-refractivity contribution < 1.29 is 14.7 Å². The van der Waals surface area contributed by atoms with E-state index in [1.165, 1.54) is 18.6 Å². The molecule has 21 heavy (non-hydrogen) atoms. The molecule has 3 N–H and O–H groups in total. The van der Waals surface area contributed by atoms with E-state index < -0.39 is 12.0 Å². The van der Waals surface area contributed by atoms with Crippen molar-refractivity contribution in [3.05, 3.63) is 24.3 Å². The number of amides is 1. The highest BCUT2D eigenvalue weighted by Gasteiger charge is 2.22. The second kappa shape index (κ2) is 7.68. The summed E-state index contributed by atoms with van der Waals surface area (Å²) in [6, 6.07) is -0.626. The van der Waals surface area contributed by atoms with Crippen molar-refractivity contribution in [2.24, 2.45) is 0 Å². The summed E-state index contributed by atoms with van der Waals surface area (Å²) in [5.41, 5.74) is -0.0218. The molecule has 7 nitrogen and oxygen atoms in total. The lowest BCUT2D eigenvalue weighted by molar-refractivity contribution is -0.140. The topological polar surface area (TPSA) is 104 Å². The van der Waals surface area contributed by atoms with E-state index in [0.717, 1.165) is 0 Å². The van der Waals surface area contributed by atoms with Crippen LogP contribution < -0.4 is 10.6 Å². The van der Waals surface area contributed by atoms with Crippen LogP contribution in [0.3, 0.4) is 0 Å². The van der Waals surface area contributed by atoms with Crippen LogP contribution in [0.5, 0.6) is 0 Å². The van der Waals surface area contributed by atoms with Crippen LogP contribution in [-0.4, -0.2) is 45.1 Å². The number of aromatic nitrogens is 2. The minimum Gasteiger partial charge on any atom is -0.480 e. The highest BCUT2D eigenvalue weighted by atomic mass is 16.4. The molecule has 0 saturated carbocycles. The third-order valence-corrected chi connectivity index (χ3v) is 2.66. The number of nitrogens with zero attached hydrogens (tertiary/aromatic N) is 2. The summed E-state index contributed by atoms with van der Waals surface area (Å²) in [5, 5.41) is 14.9. The van der Waals surface area contributed by atoms with Crippen molar-refractivity contribution in [2.45, 2.75) is 45.2 Å². The summed E-state index contributed by atoms with van der Waals surface area (Å²) in [6.07, 6.45) is 5.32. The number of hydrogen-bond donors (Lipinski definition) is 3. The molecule has 0 spiro atoms. The molecule has 0 aliphatic rings. The highest BCUT2D eigenvalue weighted by Crippen LogP contribution is 2.06. The quantitative estimate of drug-likeness (QED) is 0.643. The first-order chi connectivity index (χ1) is 9.79. The third kappa shape index (κ3) is 6.80. The molecule has 1 aromatic rings. The first-order valence-electron chi connectivity index (χ1n) is 6.84. The Morgan fingerprint density at radius 2 is 2.05 bits per heavy atom. The fourth-order valence-electron chi connectivity index (χ4n) is 1.80. The zero-order valence-electron chi connectivity index (χ0n) is 12.6. The van der Waals surface area contributed by atoms with Crippen molar-refractivity contribution in [2.75, 3.05) is 6.54 Å². The standard InChI is InChI=1S/C14H22N4O3/c1-14(2,3)18-10(13(20)21)5-4-6-17-12(19)11-9-15-7-8-16-11/h7-10,18H,4-6H2,1-3H3,(H,17,19)(H,20,21). The van der Waals surface area contributed by atoms with Crippen LogP contribution in [0.15, 0.2) is 18.6 Å². The summed E-state index contributed by atoms with van der Waals surface area (Å²) < 4.78 is 0. The van der Waals surface area contributed by atoms with Gasteiger partial charge in [0.25, 0.3) is 5.91 Å². The molecule has 0 radical (unpaired) electrons. The van der Waals surface area contributed by atoms with Crippen molar-refractivity contribution in [3.8, 4) is 0 Å². The Kier molecular flexibility index (Phi) is 6.23. The number of carboxylic acids is 1. The number of nitrogens with one attached hydrogen (secondary N) is 2. The predicted molar refractivity (Wildman–Crippen MR) is 77.9 cm³/mol. The molecular formula is C14H22N4O3. The first-order valence-corrected chi connectivity index (χ1v) is 6.84. The van der Waals surface area contributed by atoms with Crippen LogP contribution >= 0.6 is 0 Å². The largest absolute Gasteiger partial charge is 0.480 e. The zero-order valence-corrected chi connectivity index (χ0v) is 12.6. The molecule has 116 valence electrons. The monoisotopic (exact) mass is 294 g/mol. The van der Waals surface area contributed by atoms with Gasteiger partial charge in [-0.25, -0.2) is 4.98 Å². The fraction of sp³-hybridized carbons (Fsp3) is 0.571. The van der Waals surface area contributed by atoms with E-state index >= 15 is 0 Å². The number of hydrogen-bond acceptors (Lipinski definition) is 5. The number of carbonyl (C=O) groups excluding carboxylic acids is 1. The van der Waals surface area contributed by atoms with Crippen molar-refractivity contribution in [3.63, 3.8) is 0 Å². The van der Waals surface area contributed by atoms with Gasteiger partial charge in [0.05, 0.1) is 6.20 Å². The van der Waals surface area contributed by atoms with Gasteiger partial charge in [-0.05, 0) is 33.6 Å². The van der Waals surface area contributed by atoms with Gasteiger partial charge in [0.1, 0.15) is 11.7 Å². The van der Waals surface area contributed by atoms with Crippen LogP contribution in [0.1, 0.15) is 44.1 Å². The maximum atomic E-state index is 11.7. The average molecular weight is 294 g/mol. The summed E-state index contributed by atoms with van der Waals surface area (Å²) in [6.45, 7) is 6.14. The molecule has 0 aromatic carbocycles. The molecule has 1 rings (SSSR count). The second-order valence-corrected chi connectivity index (χ2v) is 5.77. The Morgan fingerprint density at radius 1 is 1.33 bits per heavy atom. The number of aliphatic carboxylic acids is 1. The van der Waals surface area contributed by atoms with E-state index in [0.29, 0.717) is 19.4 Å².